The van der Waals surface area contributed by atoms with Crippen molar-refractivity contribution in [2.75, 3.05) is 0 Å². The molecule has 2 aromatic carbocycles. The Morgan fingerprint density at radius 2 is 1.63 bits per heavy atom. The number of ketones is 2. The number of hydrogen-bond acceptors (Lipinski definition) is 4. The van der Waals surface area contributed by atoms with Crippen LogP contribution in [-0.4, -0.2) is 16.5 Å². The molecule has 0 heterocycles. The maximum atomic E-state index is 11.6. The van der Waals surface area contributed by atoms with E-state index in [0.29, 0.717) is 5.22 Å². The van der Waals surface area contributed by atoms with E-state index in [1.165, 1.54) is 0 Å². The zero-order chi connectivity index (χ0) is 13.6. The number of nitro groups is 1. The average molecular weight is 253 g/mol. The zero-order valence-electron chi connectivity index (χ0n) is 9.62. The molecule has 0 saturated heterocycles. The molecule has 0 aromatic heterocycles. The van der Waals surface area contributed by atoms with Gasteiger partial charge in [0.1, 0.15) is 0 Å². The molecular weight excluding hydrogens is 246 g/mol. The molecule has 2 aromatic rings. The molecule has 1 aliphatic rings. The van der Waals surface area contributed by atoms with Gasteiger partial charge in [0.25, 0.3) is 0 Å². The Morgan fingerprint density at radius 1 is 1.00 bits per heavy atom. The van der Waals surface area contributed by atoms with E-state index < -0.39 is 22.2 Å². The molecule has 5 heteroatoms. The summed E-state index contributed by atoms with van der Waals surface area (Å²) in [6.07, 6.45) is 1.15. The van der Waals surface area contributed by atoms with E-state index in [-0.39, 0.29) is 5.22 Å². The fourth-order valence-corrected chi connectivity index (χ4v) is 2.21. The molecule has 5 nitrogen and oxygen atoms in total. The Hall–Kier alpha value is -2.82. The molecule has 0 spiro atoms. The molecule has 0 amide bonds. The van der Waals surface area contributed by atoms with E-state index in [2.05, 4.69) is 0 Å². The highest BCUT2D eigenvalue weighted by atomic mass is 16.6. The fourth-order valence-electron chi connectivity index (χ4n) is 2.21. The molecule has 0 radical (unpaired) electrons. The lowest BCUT2D eigenvalue weighted by molar-refractivity contribution is -0.375. The highest BCUT2D eigenvalue weighted by Gasteiger charge is 2.31. The van der Waals surface area contributed by atoms with Gasteiger partial charge in [-0.2, -0.15) is 0 Å². The van der Waals surface area contributed by atoms with Gasteiger partial charge in [0.2, 0.25) is 5.78 Å². The lowest BCUT2D eigenvalue weighted by Crippen LogP contribution is -2.39. The summed E-state index contributed by atoms with van der Waals surface area (Å²) >= 11 is 0. The second-order valence-electron chi connectivity index (χ2n) is 4.23. The summed E-state index contributed by atoms with van der Waals surface area (Å²) < 4.78 is 0. The monoisotopic (exact) mass is 253 g/mol. The predicted octanol–water partition coefficient (Wildman–Crippen LogP) is 0.157. The summed E-state index contributed by atoms with van der Waals surface area (Å²) in [5.41, 5.74) is -0.645. The minimum absolute atomic E-state index is 0.202. The van der Waals surface area contributed by atoms with Gasteiger partial charge in [0, 0.05) is 0 Å². The maximum Gasteiger partial charge on any atom is 0.328 e. The number of rotatable bonds is 1. The Kier molecular flexibility index (Phi) is 2.28. The van der Waals surface area contributed by atoms with Gasteiger partial charge >= 0.3 is 11.5 Å². The maximum absolute atomic E-state index is 11.6. The van der Waals surface area contributed by atoms with Crippen LogP contribution in [0.1, 0.15) is 0 Å². The van der Waals surface area contributed by atoms with Crippen molar-refractivity contribution in [2.45, 2.75) is 0 Å². The van der Waals surface area contributed by atoms with Crippen LogP contribution in [0.15, 0.2) is 36.4 Å². The number of carbonyl (C=O) groups is 2. The van der Waals surface area contributed by atoms with Crippen molar-refractivity contribution in [3.63, 3.8) is 0 Å². The van der Waals surface area contributed by atoms with E-state index in [1.807, 2.05) is 12.1 Å². The number of hydrogen-bond donors (Lipinski definition) is 0. The van der Waals surface area contributed by atoms with Crippen molar-refractivity contribution in [1.82, 2.24) is 0 Å². The minimum Gasteiger partial charge on any atom is -0.285 e. The van der Waals surface area contributed by atoms with Crippen molar-refractivity contribution < 1.29 is 14.5 Å². The summed E-state index contributed by atoms with van der Waals surface area (Å²) in [7, 11) is 0. The van der Waals surface area contributed by atoms with Crippen LogP contribution in [0.5, 0.6) is 0 Å². The molecule has 92 valence electrons. The van der Waals surface area contributed by atoms with Crippen LogP contribution in [0.25, 0.3) is 22.5 Å². The number of benzene rings is 2. The van der Waals surface area contributed by atoms with E-state index in [9.17, 15) is 19.7 Å². The van der Waals surface area contributed by atoms with Gasteiger partial charge in [-0.05, 0) is 34.2 Å². The third-order valence-corrected chi connectivity index (χ3v) is 3.08. The molecule has 0 bridgehead atoms. The first-order valence-corrected chi connectivity index (χ1v) is 5.56. The molecule has 0 saturated carbocycles. The van der Waals surface area contributed by atoms with Crippen molar-refractivity contribution in [2.24, 2.45) is 0 Å². The van der Waals surface area contributed by atoms with Crippen LogP contribution >= 0.6 is 0 Å². The van der Waals surface area contributed by atoms with Crippen LogP contribution in [0.3, 0.4) is 0 Å². The Morgan fingerprint density at radius 3 is 2.26 bits per heavy atom. The minimum atomic E-state index is -1.06. The second kappa shape index (κ2) is 3.84. The fraction of sp³-hybridized carbons (Fsp3) is 0. The number of nitrogens with zero attached hydrogens (tertiary/aromatic N) is 1. The van der Waals surface area contributed by atoms with Crippen LogP contribution in [0, 0.1) is 10.1 Å². The van der Waals surface area contributed by atoms with Gasteiger partial charge in [-0.15, -0.1) is 0 Å². The van der Waals surface area contributed by atoms with Crippen LogP contribution in [-0.2, 0) is 9.59 Å². The molecule has 3 rings (SSSR count). The van der Waals surface area contributed by atoms with Crippen LogP contribution < -0.4 is 10.4 Å². The van der Waals surface area contributed by atoms with Crippen LogP contribution in [0.2, 0.25) is 0 Å². The van der Waals surface area contributed by atoms with Gasteiger partial charge in [0.05, 0.1) is 10.1 Å². The van der Waals surface area contributed by atoms with Crippen molar-refractivity contribution >= 4 is 34.1 Å². The summed E-state index contributed by atoms with van der Waals surface area (Å²) in [6.45, 7) is 0. The highest BCUT2D eigenvalue weighted by Crippen LogP contribution is 2.10. The second-order valence-corrected chi connectivity index (χ2v) is 4.23. The first-order valence-electron chi connectivity index (χ1n) is 5.56. The van der Waals surface area contributed by atoms with Gasteiger partial charge in [-0.25, -0.2) is 0 Å². The standard InChI is InChI=1S/C14H7NO4/c16-12-7-10-5-8-3-1-2-4-9(8)6-11(10)13(14(12)17)15(18)19/h1-7H. The van der Waals surface area contributed by atoms with E-state index >= 15 is 0 Å². The molecule has 0 N–H and O–H groups in total. The van der Waals surface area contributed by atoms with Gasteiger partial charge in [0.15, 0.2) is 0 Å². The first kappa shape index (κ1) is 11.3. The molecule has 0 aliphatic heterocycles. The number of fused-ring (bicyclic) bond motifs is 2. The van der Waals surface area contributed by atoms with Crippen molar-refractivity contribution in [3.8, 4) is 0 Å². The molecule has 19 heavy (non-hydrogen) atoms. The van der Waals surface area contributed by atoms with Gasteiger partial charge < -0.3 is 0 Å². The first-order chi connectivity index (χ1) is 9.08. The lowest BCUT2D eigenvalue weighted by Gasteiger charge is -2.04. The summed E-state index contributed by atoms with van der Waals surface area (Å²) in [5, 5.41) is 13.3. The molecular formula is C14H7NO4. The third-order valence-electron chi connectivity index (χ3n) is 3.08. The van der Waals surface area contributed by atoms with E-state index in [4.69, 9.17) is 0 Å². The molecule has 0 fully saturated rings. The smallest absolute Gasteiger partial charge is 0.285 e. The van der Waals surface area contributed by atoms with Gasteiger partial charge in [-0.1, -0.05) is 24.3 Å². The van der Waals surface area contributed by atoms with Crippen molar-refractivity contribution in [3.05, 3.63) is 56.9 Å². The normalized spacial score (nSPS) is 14.2. The van der Waals surface area contributed by atoms with E-state index in [1.54, 1.807) is 24.3 Å². The largest absolute Gasteiger partial charge is 0.328 e. The summed E-state index contributed by atoms with van der Waals surface area (Å²) in [5.74, 6) is -1.91. The molecule has 0 atom stereocenters. The predicted molar refractivity (Wildman–Crippen MR) is 68.1 cm³/mol. The topological polar surface area (TPSA) is 77.3 Å². The van der Waals surface area contributed by atoms with Gasteiger partial charge in [-0.3, -0.25) is 19.7 Å². The molecule has 1 aliphatic carbocycles. The third kappa shape index (κ3) is 1.63. The van der Waals surface area contributed by atoms with E-state index in [0.717, 1.165) is 16.8 Å². The summed E-state index contributed by atoms with van der Waals surface area (Å²) in [6, 6.07) is 10.5. The highest BCUT2D eigenvalue weighted by molar-refractivity contribution is 6.59. The quantitative estimate of drug-likeness (QED) is 0.412. The Balaban J connectivity index is 2.57. The lowest BCUT2D eigenvalue weighted by atomic mass is 9.99. The Bertz CT molecular complexity index is 880. The van der Waals surface area contributed by atoms with Crippen LogP contribution in [0.4, 0.5) is 0 Å². The Labute approximate surface area is 106 Å². The zero-order valence-corrected chi connectivity index (χ0v) is 9.62. The SMILES string of the molecule is O=C1C=c2cc3ccccc3cc2=C([N+](=O)[O-])C1=O. The summed E-state index contributed by atoms with van der Waals surface area (Å²) in [4.78, 5) is 33.3. The number of Topliss-reactive ketones (excluding diaryl/α,β-unsaturated/α-hetero) is 2. The average Bonchev–Trinajstić information content (AvgIpc) is 2.37. The molecule has 0 unspecified atom stereocenters. The van der Waals surface area contributed by atoms with Crippen molar-refractivity contribution in [1.29, 1.82) is 0 Å². The number of carbonyl (C=O) groups excluding carboxylic acids is 2.